The zero-order chi connectivity index (χ0) is 22.5. The van der Waals surface area contributed by atoms with Gasteiger partial charge in [-0.1, -0.05) is 18.2 Å². The van der Waals surface area contributed by atoms with Crippen LogP contribution in [0.5, 0.6) is 5.75 Å². The summed E-state index contributed by atoms with van der Waals surface area (Å²) in [6.07, 6.45) is -7.11. The number of carbonyl (C=O) groups is 1. The molecule has 0 spiro atoms. The Morgan fingerprint density at radius 3 is 2.58 bits per heavy atom. The lowest BCUT2D eigenvalue weighted by molar-refractivity contribution is -0.274. The molecule has 4 N–H and O–H groups in total. The van der Waals surface area contributed by atoms with E-state index in [0.29, 0.717) is 24.1 Å². The SMILES string of the molecule is CC(=O)NCCc1ccc(O[C@@H]2O[C@@H](CF)[C@H](O)[C@@H](O)[C@H]2O)cc1-c1cccc(F)c1. The highest BCUT2D eigenvalue weighted by molar-refractivity contribution is 5.73. The van der Waals surface area contributed by atoms with Crippen LogP contribution in [0.25, 0.3) is 11.1 Å². The van der Waals surface area contributed by atoms with Gasteiger partial charge in [-0.15, -0.1) is 0 Å². The van der Waals surface area contributed by atoms with Gasteiger partial charge in [-0.25, -0.2) is 8.78 Å². The largest absolute Gasteiger partial charge is 0.462 e. The van der Waals surface area contributed by atoms with Gasteiger partial charge >= 0.3 is 0 Å². The van der Waals surface area contributed by atoms with E-state index in [4.69, 9.17) is 9.47 Å². The highest BCUT2D eigenvalue weighted by atomic mass is 19.1. The number of hydrogen-bond donors (Lipinski definition) is 4. The fourth-order valence-corrected chi connectivity index (χ4v) is 3.42. The van der Waals surface area contributed by atoms with Crippen LogP contribution in [0.1, 0.15) is 12.5 Å². The Hall–Kier alpha value is -2.59. The van der Waals surface area contributed by atoms with Gasteiger partial charge in [0.05, 0.1) is 0 Å². The standard InChI is InChI=1S/C22H25F2NO6/c1-12(26)25-8-7-13-5-6-16(10-17(13)14-3-2-4-15(24)9-14)30-22-21(29)20(28)19(27)18(11-23)31-22/h2-6,9-10,18-22,27-29H,7-8,11H2,1H3,(H,25,26)/t18-,19-,20+,21+,22+/m0/s1. The Balaban J connectivity index is 1.87. The minimum Gasteiger partial charge on any atom is -0.462 e. The van der Waals surface area contributed by atoms with Gasteiger partial charge < -0.3 is 30.1 Å². The van der Waals surface area contributed by atoms with E-state index in [9.17, 15) is 28.9 Å². The number of carbonyl (C=O) groups excluding carboxylic acids is 1. The number of nitrogens with one attached hydrogen (secondary N) is 1. The second-order valence-corrected chi connectivity index (χ2v) is 7.35. The van der Waals surface area contributed by atoms with Crippen LogP contribution >= 0.6 is 0 Å². The van der Waals surface area contributed by atoms with E-state index in [0.717, 1.165) is 5.56 Å². The van der Waals surface area contributed by atoms with Crippen LogP contribution in [0.4, 0.5) is 8.78 Å². The first-order valence-corrected chi connectivity index (χ1v) is 9.85. The Labute approximate surface area is 178 Å². The Kier molecular flexibility index (Phi) is 7.55. The quantitative estimate of drug-likeness (QED) is 0.521. The second kappa shape index (κ2) is 10.1. The van der Waals surface area contributed by atoms with Gasteiger partial charge in [-0.3, -0.25) is 4.79 Å². The van der Waals surface area contributed by atoms with Crippen LogP contribution in [0.3, 0.4) is 0 Å². The number of rotatable bonds is 7. The number of benzene rings is 2. The monoisotopic (exact) mass is 437 g/mol. The smallest absolute Gasteiger partial charge is 0.229 e. The van der Waals surface area contributed by atoms with Gasteiger partial charge in [0.2, 0.25) is 12.2 Å². The van der Waals surface area contributed by atoms with Crippen LogP contribution < -0.4 is 10.1 Å². The average molecular weight is 437 g/mol. The molecule has 0 aliphatic carbocycles. The van der Waals surface area contributed by atoms with Gasteiger partial charge in [-0.05, 0) is 47.4 Å². The molecular formula is C22H25F2NO6. The zero-order valence-electron chi connectivity index (χ0n) is 16.9. The van der Waals surface area contributed by atoms with Crippen molar-refractivity contribution in [1.29, 1.82) is 0 Å². The minimum atomic E-state index is -1.64. The molecule has 1 fully saturated rings. The molecule has 168 valence electrons. The molecule has 2 aromatic carbocycles. The minimum absolute atomic E-state index is 0.168. The third-order valence-corrected chi connectivity index (χ3v) is 5.06. The molecule has 1 saturated heterocycles. The summed E-state index contributed by atoms with van der Waals surface area (Å²) in [6, 6.07) is 10.9. The first kappa shape index (κ1) is 23.1. The van der Waals surface area contributed by atoms with Gasteiger partial charge in [0.15, 0.2) is 0 Å². The Morgan fingerprint density at radius 1 is 1.13 bits per heavy atom. The summed E-state index contributed by atoms with van der Waals surface area (Å²) < 4.78 is 37.8. The molecule has 0 unspecified atom stereocenters. The molecule has 0 aromatic heterocycles. The van der Waals surface area contributed by atoms with Crippen LogP contribution in [0.15, 0.2) is 42.5 Å². The van der Waals surface area contributed by atoms with Crippen LogP contribution in [0, 0.1) is 5.82 Å². The second-order valence-electron chi connectivity index (χ2n) is 7.35. The summed E-state index contributed by atoms with van der Waals surface area (Å²) >= 11 is 0. The lowest BCUT2D eigenvalue weighted by Gasteiger charge is -2.39. The first-order valence-electron chi connectivity index (χ1n) is 9.85. The maximum atomic E-state index is 13.8. The molecule has 3 rings (SSSR count). The number of alkyl halides is 1. The summed E-state index contributed by atoms with van der Waals surface area (Å²) in [6.45, 7) is 0.724. The molecule has 1 aliphatic rings. The van der Waals surface area contributed by atoms with Crippen molar-refractivity contribution in [2.75, 3.05) is 13.2 Å². The predicted molar refractivity (Wildman–Crippen MR) is 108 cm³/mol. The maximum Gasteiger partial charge on any atom is 0.229 e. The zero-order valence-corrected chi connectivity index (χ0v) is 16.9. The lowest BCUT2D eigenvalue weighted by atomic mass is 9.97. The van der Waals surface area contributed by atoms with Crippen molar-refractivity contribution in [3.05, 3.63) is 53.8 Å². The molecule has 0 saturated carbocycles. The highest BCUT2D eigenvalue weighted by Crippen LogP contribution is 2.31. The van der Waals surface area contributed by atoms with E-state index in [1.165, 1.54) is 19.1 Å². The first-order chi connectivity index (χ1) is 14.8. The fraction of sp³-hybridized carbons (Fsp3) is 0.409. The topological polar surface area (TPSA) is 108 Å². The third-order valence-electron chi connectivity index (χ3n) is 5.06. The Bertz CT molecular complexity index is 909. The van der Waals surface area contributed by atoms with Crippen LogP contribution in [-0.2, 0) is 16.0 Å². The highest BCUT2D eigenvalue weighted by Gasteiger charge is 2.45. The summed E-state index contributed by atoms with van der Waals surface area (Å²) in [5.41, 5.74) is 2.02. The van der Waals surface area contributed by atoms with Gasteiger partial charge in [0.1, 0.15) is 42.7 Å². The van der Waals surface area contributed by atoms with E-state index in [-0.39, 0.29) is 11.7 Å². The van der Waals surface area contributed by atoms with E-state index in [1.54, 1.807) is 30.3 Å². The van der Waals surface area contributed by atoms with Crippen LogP contribution in [-0.4, -0.2) is 65.2 Å². The summed E-state index contributed by atoms with van der Waals surface area (Å²) in [4.78, 5) is 11.2. The van der Waals surface area contributed by atoms with Crippen molar-refractivity contribution in [2.24, 2.45) is 0 Å². The molecule has 5 atom stereocenters. The normalized spacial score (nSPS) is 25.8. The van der Waals surface area contributed by atoms with Crippen LogP contribution in [0.2, 0.25) is 0 Å². The number of amides is 1. The number of halogens is 2. The summed E-state index contributed by atoms with van der Waals surface area (Å²) in [5, 5.41) is 32.6. The number of ether oxygens (including phenoxy) is 2. The summed E-state index contributed by atoms with van der Waals surface area (Å²) in [7, 11) is 0. The van der Waals surface area contributed by atoms with Crippen molar-refractivity contribution in [3.63, 3.8) is 0 Å². The predicted octanol–water partition coefficient (Wildman–Crippen LogP) is 1.33. The van der Waals surface area contributed by atoms with E-state index < -0.39 is 43.2 Å². The molecule has 0 bridgehead atoms. The van der Waals surface area contributed by atoms with Gasteiger partial charge in [0, 0.05) is 13.5 Å². The Morgan fingerprint density at radius 2 is 1.90 bits per heavy atom. The lowest BCUT2D eigenvalue weighted by Crippen LogP contribution is -2.59. The van der Waals surface area contributed by atoms with E-state index in [1.807, 2.05) is 0 Å². The van der Waals surface area contributed by atoms with E-state index in [2.05, 4.69) is 5.32 Å². The average Bonchev–Trinajstić information content (AvgIpc) is 2.74. The molecule has 1 heterocycles. The van der Waals surface area contributed by atoms with Crippen molar-refractivity contribution >= 4 is 5.91 Å². The molecule has 31 heavy (non-hydrogen) atoms. The fourth-order valence-electron chi connectivity index (χ4n) is 3.42. The number of hydrogen-bond acceptors (Lipinski definition) is 6. The maximum absolute atomic E-state index is 13.8. The van der Waals surface area contributed by atoms with Crippen molar-refractivity contribution < 1.29 is 38.4 Å². The molecule has 1 amide bonds. The van der Waals surface area contributed by atoms with E-state index >= 15 is 0 Å². The number of aliphatic hydroxyl groups excluding tert-OH is 3. The summed E-state index contributed by atoms with van der Waals surface area (Å²) in [5.74, 6) is -0.364. The molecule has 0 radical (unpaired) electrons. The molecule has 7 nitrogen and oxygen atoms in total. The van der Waals surface area contributed by atoms with Gasteiger partial charge in [0.25, 0.3) is 0 Å². The molecule has 9 heteroatoms. The molecular weight excluding hydrogens is 412 g/mol. The van der Waals surface area contributed by atoms with Gasteiger partial charge in [-0.2, -0.15) is 0 Å². The van der Waals surface area contributed by atoms with Crippen molar-refractivity contribution in [2.45, 2.75) is 44.1 Å². The molecule has 2 aromatic rings. The number of aliphatic hydroxyl groups is 3. The molecule has 1 aliphatic heterocycles. The third kappa shape index (κ3) is 5.56. The van der Waals surface area contributed by atoms with Crippen molar-refractivity contribution in [1.82, 2.24) is 5.32 Å². The van der Waals surface area contributed by atoms with Crippen molar-refractivity contribution in [3.8, 4) is 16.9 Å².